The van der Waals surface area contributed by atoms with Crippen molar-refractivity contribution in [3.8, 4) is 0 Å². The molecule has 0 spiro atoms. The first-order valence-corrected chi connectivity index (χ1v) is 20.8. The lowest BCUT2D eigenvalue weighted by Gasteiger charge is -2.33. The first-order chi connectivity index (χ1) is 26.1. The van der Waals surface area contributed by atoms with Crippen molar-refractivity contribution in [1.82, 2.24) is 46.6 Å². The van der Waals surface area contributed by atoms with Gasteiger partial charge >= 0.3 is 0 Å². The van der Waals surface area contributed by atoms with Crippen molar-refractivity contribution in [2.75, 3.05) is 60.4 Å². The lowest BCUT2D eigenvalue weighted by molar-refractivity contribution is -0.141. The van der Waals surface area contributed by atoms with Gasteiger partial charge in [0.05, 0.1) is 0 Å². The van der Waals surface area contributed by atoms with Gasteiger partial charge in [0.2, 0.25) is 35.4 Å². The summed E-state index contributed by atoms with van der Waals surface area (Å²) in [6.07, 6.45) is 11.2. The van der Waals surface area contributed by atoms with E-state index in [4.69, 9.17) is 0 Å². The Morgan fingerprint density at radius 3 is 1.00 bits per heavy atom. The maximum atomic E-state index is 14.1. The van der Waals surface area contributed by atoms with E-state index in [1.54, 1.807) is 14.7 Å². The molecule has 4 heterocycles. The van der Waals surface area contributed by atoms with Crippen LogP contribution in [0.3, 0.4) is 0 Å². The van der Waals surface area contributed by atoms with E-state index < -0.39 is 0 Å². The quantitative estimate of drug-likeness (QED) is 0.0921. The molecule has 306 valence electrons. The maximum Gasteiger partial charge on any atom is 0.224 e. The van der Waals surface area contributed by atoms with Crippen LogP contribution in [0.4, 0.5) is 0 Å². The molecular weight excluding hydrogens is 690 g/mol. The molecule has 6 amide bonds. The molecule has 6 atom stereocenters. The third-order valence-electron chi connectivity index (χ3n) is 11.5. The van der Waals surface area contributed by atoms with E-state index >= 15 is 0 Å². The van der Waals surface area contributed by atoms with Gasteiger partial charge in [-0.05, 0) is 98.6 Å². The minimum absolute atomic E-state index is 0.0462. The van der Waals surface area contributed by atoms with Crippen molar-refractivity contribution in [1.29, 1.82) is 0 Å². The van der Waals surface area contributed by atoms with Crippen molar-refractivity contribution >= 4 is 35.4 Å². The van der Waals surface area contributed by atoms with Gasteiger partial charge in [-0.2, -0.15) is 0 Å². The molecule has 15 heteroatoms. The minimum Gasteiger partial charge on any atom is -0.352 e. The van der Waals surface area contributed by atoms with Crippen molar-refractivity contribution in [2.24, 2.45) is 0 Å². The van der Waals surface area contributed by atoms with E-state index in [9.17, 15) is 28.8 Å². The Bertz CT molecular complexity index is 1110. The Morgan fingerprint density at radius 2 is 0.741 bits per heavy atom. The van der Waals surface area contributed by atoms with Gasteiger partial charge in [-0.3, -0.25) is 28.8 Å². The van der Waals surface area contributed by atoms with Crippen LogP contribution in [-0.4, -0.2) is 147 Å². The highest BCUT2D eigenvalue weighted by molar-refractivity contribution is 5.85. The van der Waals surface area contributed by atoms with Gasteiger partial charge < -0.3 is 46.6 Å². The number of nitrogens with one attached hydrogen (secondary N) is 6. The summed E-state index contributed by atoms with van der Waals surface area (Å²) < 4.78 is 0. The Hall–Kier alpha value is -3.30. The van der Waals surface area contributed by atoms with E-state index in [0.29, 0.717) is 58.2 Å². The highest BCUT2D eigenvalue weighted by Crippen LogP contribution is 2.31. The Labute approximate surface area is 322 Å². The van der Waals surface area contributed by atoms with Crippen LogP contribution in [0.25, 0.3) is 0 Å². The third-order valence-corrected chi connectivity index (χ3v) is 11.5. The fraction of sp³-hybridized carbons (Fsp3) is 0.846. The van der Waals surface area contributed by atoms with Crippen molar-refractivity contribution in [3.63, 3.8) is 0 Å². The standard InChI is InChI=1S/C39H69N9O6/c1-40-16-10-4-7-13-34(49)43-28-19-31-22-38(53)47-26-30(45-36(51)15-9-6-12-18-42-3)21-33(47)24-39(54)48-27-29(20-32(48)23-37(52)46(31)25-28)44-35(50)14-8-5-11-17-41-2/h28-33,40-42H,4-27H2,1-3H3,(H,43,49)(H,44,50)(H,45,51)/t28?,29?,30?,31-,32-,33-/m0/s1. The number of hydrogen-bond acceptors (Lipinski definition) is 9. The lowest BCUT2D eigenvalue weighted by atomic mass is 10.0. The van der Waals surface area contributed by atoms with Crippen LogP contribution in [-0.2, 0) is 28.8 Å². The minimum atomic E-state index is -0.388. The predicted octanol–water partition coefficient (Wildman–Crippen LogP) is 0.767. The Morgan fingerprint density at radius 1 is 0.463 bits per heavy atom. The molecule has 6 N–H and O–H groups in total. The molecule has 4 aliphatic heterocycles. The van der Waals surface area contributed by atoms with Crippen molar-refractivity contribution < 1.29 is 28.8 Å². The Balaban J connectivity index is 1.46. The molecule has 3 unspecified atom stereocenters. The smallest absolute Gasteiger partial charge is 0.224 e. The summed E-state index contributed by atoms with van der Waals surface area (Å²) in [5.74, 6) is -0.571. The normalized spacial score (nSPS) is 25.8. The summed E-state index contributed by atoms with van der Waals surface area (Å²) in [4.78, 5) is 86.2. The summed E-state index contributed by atoms with van der Waals surface area (Å²) in [5, 5.41) is 18.8. The van der Waals surface area contributed by atoms with E-state index in [-0.39, 0.29) is 91.0 Å². The summed E-state index contributed by atoms with van der Waals surface area (Å²) in [5.41, 5.74) is 0. The zero-order chi connectivity index (χ0) is 38.9. The number of carbonyl (C=O) groups excluding carboxylic acids is 6. The molecular formula is C39H69N9O6. The molecule has 0 aromatic rings. The zero-order valence-electron chi connectivity index (χ0n) is 33.2. The second-order valence-electron chi connectivity index (χ2n) is 16.0. The molecule has 4 fully saturated rings. The number of nitrogens with zero attached hydrogens (tertiary/aromatic N) is 3. The monoisotopic (exact) mass is 760 g/mol. The molecule has 0 aliphatic carbocycles. The van der Waals surface area contributed by atoms with Crippen molar-refractivity contribution in [2.45, 2.75) is 152 Å². The number of hydrogen-bond donors (Lipinski definition) is 6. The topological polar surface area (TPSA) is 184 Å². The van der Waals surface area contributed by atoms with Crippen LogP contribution >= 0.6 is 0 Å². The highest BCUT2D eigenvalue weighted by atomic mass is 16.2. The first kappa shape index (κ1) is 43.4. The molecule has 4 aliphatic rings. The van der Waals surface area contributed by atoms with Gasteiger partial charge in [0, 0.05) is 94.4 Å². The van der Waals surface area contributed by atoms with Gasteiger partial charge in [-0.1, -0.05) is 19.3 Å². The van der Waals surface area contributed by atoms with Gasteiger partial charge in [0.15, 0.2) is 0 Å². The van der Waals surface area contributed by atoms with Crippen LogP contribution in [0.15, 0.2) is 0 Å². The average Bonchev–Trinajstić information content (AvgIpc) is 3.84. The summed E-state index contributed by atoms with van der Waals surface area (Å²) >= 11 is 0. The molecule has 4 rings (SSSR count). The second-order valence-corrected chi connectivity index (χ2v) is 16.0. The molecule has 0 bridgehead atoms. The lowest BCUT2D eigenvalue weighted by Crippen LogP contribution is -2.48. The summed E-state index contributed by atoms with van der Waals surface area (Å²) in [6.45, 7) is 3.67. The molecule has 0 aromatic heterocycles. The molecule has 15 nitrogen and oxygen atoms in total. The van der Waals surface area contributed by atoms with E-state index in [0.717, 1.165) is 77.4 Å². The fourth-order valence-corrected chi connectivity index (χ4v) is 8.71. The number of rotatable bonds is 21. The van der Waals surface area contributed by atoms with Gasteiger partial charge in [0.1, 0.15) is 0 Å². The van der Waals surface area contributed by atoms with Gasteiger partial charge in [-0.15, -0.1) is 0 Å². The summed E-state index contributed by atoms with van der Waals surface area (Å²) in [7, 11) is 5.74. The van der Waals surface area contributed by atoms with E-state index in [2.05, 4.69) is 31.9 Å². The van der Waals surface area contributed by atoms with E-state index in [1.807, 2.05) is 21.1 Å². The second kappa shape index (κ2) is 22.9. The van der Waals surface area contributed by atoms with Crippen molar-refractivity contribution in [3.05, 3.63) is 0 Å². The fourth-order valence-electron chi connectivity index (χ4n) is 8.71. The first-order valence-electron chi connectivity index (χ1n) is 20.8. The van der Waals surface area contributed by atoms with Gasteiger partial charge in [0.25, 0.3) is 0 Å². The molecule has 0 aromatic carbocycles. The number of unbranched alkanes of at least 4 members (excludes halogenated alkanes) is 6. The molecule has 54 heavy (non-hydrogen) atoms. The third kappa shape index (κ3) is 13.8. The van der Waals surface area contributed by atoms with Crippen LogP contribution in [0.1, 0.15) is 116 Å². The number of carbonyl (C=O) groups is 6. The zero-order valence-corrected chi connectivity index (χ0v) is 33.2. The van der Waals surface area contributed by atoms with Crippen LogP contribution in [0.2, 0.25) is 0 Å². The highest BCUT2D eigenvalue weighted by Gasteiger charge is 2.46. The number of fused-ring (bicyclic) bond motifs is 3. The van der Waals surface area contributed by atoms with Crippen LogP contribution in [0, 0.1) is 0 Å². The Kier molecular flexibility index (Phi) is 18.4. The van der Waals surface area contributed by atoms with Crippen LogP contribution < -0.4 is 31.9 Å². The number of amides is 6. The molecule has 4 saturated heterocycles. The largest absolute Gasteiger partial charge is 0.352 e. The SMILES string of the molecule is CNCCCCCC(=O)NC1C[C@H]2CC(=O)N3CC(NC(=O)CCCCCNC)C[C@H]3CC(=O)N3CC(NC(=O)CCCCCNC)C[C@H]3CC(=O)N2C1. The van der Waals surface area contributed by atoms with E-state index in [1.165, 1.54) is 0 Å². The predicted molar refractivity (Wildman–Crippen MR) is 207 cm³/mol. The maximum absolute atomic E-state index is 14.1. The van der Waals surface area contributed by atoms with Crippen LogP contribution in [0.5, 0.6) is 0 Å². The summed E-state index contributed by atoms with van der Waals surface area (Å²) in [6, 6.07) is -1.96. The average molecular weight is 760 g/mol. The molecule has 0 saturated carbocycles. The van der Waals surface area contributed by atoms with Gasteiger partial charge in [-0.25, -0.2) is 0 Å². The molecule has 0 radical (unpaired) electrons.